The number of hydrogen-bond donors (Lipinski definition) is 0. The second kappa shape index (κ2) is 15.0. The Morgan fingerprint density at radius 3 is 1.08 bits per heavy atom. The van der Waals surface area contributed by atoms with Crippen molar-refractivity contribution in [1.29, 1.82) is 0 Å². The fourth-order valence-corrected chi connectivity index (χ4v) is 4.93. The van der Waals surface area contributed by atoms with Crippen LogP contribution in [-0.4, -0.2) is 90.3 Å². The van der Waals surface area contributed by atoms with Gasteiger partial charge in [0.05, 0.1) is 18.2 Å². The van der Waals surface area contributed by atoms with E-state index in [1.165, 1.54) is 7.11 Å². The van der Waals surface area contributed by atoms with Gasteiger partial charge in [0.15, 0.2) is 0 Å². The van der Waals surface area contributed by atoms with Crippen molar-refractivity contribution in [2.24, 2.45) is 0 Å². The quantitative estimate of drug-likeness (QED) is 0.0779. The molecule has 1 aromatic rings. The van der Waals surface area contributed by atoms with Gasteiger partial charge in [-0.05, 0) is 24.3 Å². The number of ether oxygens (including phenoxy) is 1. The van der Waals surface area contributed by atoms with Gasteiger partial charge in [-0.1, -0.05) is 0 Å². The first kappa shape index (κ1) is 46.4. The molecule has 49 heavy (non-hydrogen) atoms. The van der Waals surface area contributed by atoms with Crippen LogP contribution in [0.3, 0.4) is 0 Å². The van der Waals surface area contributed by atoms with E-state index in [0.717, 1.165) is 5.56 Å². The number of esters is 1. The summed E-state index contributed by atoms with van der Waals surface area (Å²) in [7, 11) is -32.4. The van der Waals surface area contributed by atoms with Crippen molar-refractivity contribution in [1.82, 2.24) is 0 Å². The Bertz CT molecular complexity index is 1610. The van der Waals surface area contributed by atoms with E-state index in [-0.39, 0.29) is 5.97 Å². The smallest absolute Gasteiger partial charge is 0.465 e. The largest absolute Gasteiger partial charge is 0.587 e. The summed E-state index contributed by atoms with van der Waals surface area (Å²) >= 11 is 0. The highest BCUT2D eigenvalue weighted by molar-refractivity contribution is 7.93. The maximum absolute atomic E-state index is 12.4. The summed E-state index contributed by atoms with van der Waals surface area (Å²) in [6, 6.07) is 7.13. The summed E-state index contributed by atoms with van der Waals surface area (Å²) in [4.78, 5) is 11.2. The molecule has 0 heterocycles. The first-order valence-corrected chi connectivity index (χ1v) is 20.2. The second-order valence-corrected chi connectivity index (χ2v) is 19.7. The molecule has 1 rings (SSSR count). The van der Waals surface area contributed by atoms with Crippen LogP contribution >= 0.6 is 0 Å². The first-order valence-electron chi connectivity index (χ1n) is 11.1. The average Bonchev–Trinajstić information content (AvgIpc) is 2.83. The third kappa shape index (κ3) is 13.6. The Morgan fingerprint density at radius 2 is 0.878 bits per heavy atom. The third-order valence-electron chi connectivity index (χ3n) is 3.99. The monoisotopic (exact) mass is 844 g/mol. The van der Waals surface area contributed by atoms with E-state index in [1.807, 2.05) is 12.1 Å². The van der Waals surface area contributed by atoms with Crippen molar-refractivity contribution in [2.75, 3.05) is 7.11 Å². The minimum absolute atomic E-state index is 0.322. The van der Waals surface area contributed by atoms with Crippen LogP contribution in [-0.2, 0) is 61.6 Å². The lowest BCUT2D eigenvalue weighted by molar-refractivity contribution is -0.0922. The summed E-state index contributed by atoms with van der Waals surface area (Å²) < 4.78 is 255. The Hall–Kier alpha value is -2.56. The Labute approximate surface area is 268 Å². The SMILES string of the molecule is COC(=O)c1ccc(C=[O+][Si](C)(C)C)cc1.O=S(=O)(O[B-](OS(=O)(=O)C(F)(F)F)(OS(=O)(=O)C(F)(F)F)OS(=O)(=O)C(F)(F)F)C(F)(F)F. The fraction of sp³-hybridized carbons (Fsp3) is 0.500. The number of alkyl halides is 12. The molecule has 0 amide bonds. The van der Waals surface area contributed by atoms with E-state index in [1.54, 1.807) is 18.4 Å². The normalized spacial score (nSPS) is 14.7. The number of benzene rings is 1. The van der Waals surface area contributed by atoms with Crippen molar-refractivity contribution >= 4 is 68.0 Å². The number of methoxy groups -OCH3 is 1. The zero-order chi connectivity index (χ0) is 39.5. The zero-order valence-corrected chi connectivity index (χ0v) is 28.0. The molecule has 0 fully saturated rings. The van der Waals surface area contributed by atoms with Crippen LogP contribution in [0.5, 0.6) is 0 Å². The van der Waals surface area contributed by atoms with Gasteiger partial charge in [0.1, 0.15) is 0 Å². The molecule has 15 nitrogen and oxygen atoms in total. The Kier molecular flexibility index (Phi) is 14.2. The standard InChI is InChI=1S/C12H17O3Si.C4BF12O12S4/c1-14-12(13)11-7-5-10(6-8-11)9-15-16(2,3)4;6-1(7,8)30(18,19)26-5(27-31(20,21)2(9,10)11,28-32(22,23)3(12,13)14)29-33(24,25)4(15,16)17/h5-9H,1-4H3;/q+1;-1. The van der Waals surface area contributed by atoms with Crippen LogP contribution in [0.15, 0.2) is 24.3 Å². The van der Waals surface area contributed by atoms with Crippen LogP contribution in [0.2, 0.25) is 19.6 Å². The van der Waals surface area contributed by atoms with Crippen LogP contribution in [0, 0.1) is 0 Å². The van der Waals surface area contributed by atoms with Crippen LogP contribution in [0.4, 0.5) is 52.7 Å². The Balaban J connectivity index is 0.00000119. The maximum Gasteiger partial charge on any atom is 0.587 e. The van der Waals surface area contributed by atoms with Crippen molar-refractivity contribution in [3.63, 3.8) is 0 Å². The average molecular weight is 844 g/mol. The summed E-state index contributed by atoms with van der Waals surface area (Å²) in [5.41, 5.74) is -27.0. The number of carbonyl (C=O) groups excluding carboxylic acids is 2. The lowest BCUT2D eigenvalue weighted by Crippen LogP contribution is -2.59. The third-order valence-corrected chi connectivity index (χ3v) is 9.04. The molecule has 0 aromatic heterocycles. The van der Waals surface area contributed by atoms with Gasteiger partial charge in [-0.15, -0.1) is 0 Å². The number of hydrogen-bond acceptors (Lipinski definition) is 14. The van der Waals surface area contributed by atoms with Crippen LogP contribution < -0.4 is 0 Å². The Morgan fingerprint density at radius 1 is 0.612 bits per heavy atom. The van der Waals surface area contributed by atoms with Crippen LogP contribution in [0.25, 0.3) is 0 Å². The maximum atomic E-state index is 12.4. The van der Waals surface area contributed by atoms with E-state index >= 15 is 0 Å². The molecular formula is C16H17BF12O15S4Si. The van der Waals surface area contributed by atoms with Gasteiger partial charge in [-0.3, -0.25) is 0 Å². The molecule has 0 N–H and O–H groups in total. The highest BCUT2D eigenvalue weighted by Gasteiger charge is 2.64. The van der Waals surface area contributed by atoms with Gasteiger partial charge >= 0.3 is 83.7 Å². The number of carbonyl (C=O) groups is 1. The first-order chi connectivity index (χ1) is 21.2. The molecule has 0 radical (unpaired) electrons. The van der Waals surface area contributed by atoms with E-state index in [9.17, 15) is 91.2 Å². The van der Waals surface area contributed by atoms with Crippen molar-refractivity contribution in [3.05, 3.63) is 35.4 Å². The molecule has 1 aromatic carbocycles. The summed E-state index contributed by atoms with van der Waals surface area (Å²) in [6.45, 7) is -1.53. The van der Waals surface area contributed by atoms with Gasteiger partial charge in [0, 0.05) is 19.6 Å². The van der Waals surface area contributed by atoms with Crippen molar-refractivity contribution < 1.29 is 116 Å². The lowest BCUT2D eigenvalue weighted by atomic mass is 10.1. The number of aldehydes is 1. The van der Waals surface area contributed by atoms with Gasteiger partial charge in [-0.2, -0.15) is 86.4 Å². The minimum atomic E-state index is -8.05. The molecule has 0 spiro atoms. The van der Waals surface area contributed by atoms with Gasteiger partial charge < -0.3 is 25.3 Å². The molecule has 33 heteroatoms. The zero-order valence-electron chi connectivity index (χ0n) is 23.8. The molecule has 0 aliphatic carbocycles. The van der Waals surface area contributed by atoms with Crippen molar-refractivity contribution in [3.8, 4) is 0 Å². The molecule has 0 unspecified atom stereocenters. The minimum Gasteiger partial charge on any atom is -0.465 e. The van der Waals surface area contributed by atoms with E-state index < -0.39 is 77.8 Å². The predicted octanol–water partition coefficient (Wildman–Crippen LogP) is 3.54. The molecule has 0 aliphatic heterocycles. The summed E-state index contributed by atoms with van der Waals surface area (Å²) in [6.07, 6.45) is 1.74. The molecule has 0 saturated heterocycles. The molecule has 0 atom stereocenters. The second-order valence-electron chi connectivity index (χ2n) is 9.02. The highest BCUT2D eigenvalue weighted by Crippen LogP contribution is 2.39. The highest BCUT2D eigenvalue weighted by atomic mass is 32.2. The van der Waals surface area contributed by atoms with Gasteiger partial charge in [0.2, 0.25) is 0 Å². The molecular weight excluding hydrogens is 827 g/mol. The molecule has 0 saturated carbocycles. The van der Waals surface area contributed by atoms with Crippen LogP contribution in [0.1, 0.15) is 20.0 Å². The summed E-state index contributed by atoms with van der Waals surface area (Å²) in [5.74, 6) is -0.322. The molecule has 0 bridgehead atoms. The molecule has 286 valence electrons. The van der Waals surface area contributed by atoms with E-state index in [4.69, 9.17) is 4.11 Å². The van der Waals surface area contributed by atoms with Gasteiger partial charge in [-0.25, -0.2) is 4.79 Å². The molecule has 0 aliphatic rings. The van der Waals surface area contributed by atoms with Crippen molar-refractivity contribution in [2.45, 2.75) is 41.7 Å². The summed E-state index contributed by atoms with van der Waals surface area (Å²) in [5, 5.41) is 0. The number of rotatable bonds is 11. The predicted molar refractivity (Wildman–Crippen MR) is 137 cm³/mol. The number of halogens is 12. The van der Waals surface area contributed by atoms with E-state index in [0.29, 0.717) is 5.56 Å². The topological polar surface area (TPSA) is 211 Å². The van der Waals surface area contributed by atoms with E-state index in [2.05, 4.69) is 40.8 Å². The fourth-order valence-electron chi connectivity index (χ4n) is 2.00. The lowest BCUT2D eigenvalue weighted by Gasteiger charge is -2.37. The van der Waals surface area contributed by atoms with Gasteiger partial charge in [0.25, 0.3) is 6.29 Å².